The molecular formula is C18H27N5O4. The summed E-state index contributed by atoms with van der Waals surface area (Å²) in [6.07, 6.45) is 5.61. The lowest BCUT2D eigenvalue weighted by atomic mass is 9.99. The van der Waals surface area contributed by atoms with Gasteiger partial charge >= 0.3 is 0 Å². The second-order valence-corrected chi connectivity index (χ2v) is 6.55. The summed E-state index contributed by atoms with van der Waals surface area (Å²) in [5.41, 5.74) is 2.95. The molecule has 27 heavy (non-hydrogen) atoms. The first-order chi connectivity index (χ1) is 13.1. The smallest absolute Gasteiger partial charge is 0.250 e. The average molecular weight is 377 g/mol. The van der Waals surface area contributed by atoms with E-state index in [0.717, 1.165) is 19.3 Å². The van der Waals surface area contributed by atoms with Crippen molar-refractivity contribution in [2.24, 2.45) is 5.92 Å². The molecular weight excluding hydrogens is 350 g/mol. The first-order valence-electron chi connectivity index (χ1n) is 9.26. The predicted molar refractivity (Wildman–Crippen MR) is 98.3 cm³/mol. The lowest BCUT2D eigenvalue weighted by Crippen LogP contribution is -2.51. The number of carbonyl (C=O) groups excluding carboxylic acids is 3. The van der Waals surface area contributed by atoms with Gasteiger partial charge in [0, 0.05) is 12.7 Å². The SMILES string of the molecule is CCCCCC(CN(O)C=O)C(=O)N1NCCC1C(=O)Nc1ccccn1. The molecule has 1 saturated heterocycles. The predicted octanol–water partition coefficient (Wildman–Crippen LogP) is 1.17. The van der Waals surface area contributed by atoms with Crippen molar-refractivity contribution in [2.75, 3.05) is 18.4 Å². The van der Waals surface area contributed by atoms with Gasteiger partial charge in [-0.1, -0.05) is 32.3 Å². The van der Waals surface area contributed by atoms with E-state index in [9.17, 15) is 19.6 Å². The third kappa shape index (κ3) is 6.00. The number of rotatable bonds is 10. The van der Waals surface area contributed by atoms with Crippen LogP contribution in [0.5, 0.6) is 0 Å². The number of aromatic nitrogens is 1. The zero-order chi connectivity index (χ0) is 19.6. The Kier molecular flexibility index (Phi) is 8.15. The van der Waals surface area contributed by atoms with Gasteiger partial charge in [-0.3, -0.25) is 24.6 Å². The zero-order valence-electron chi connectivity index (χ0n) is 15.5. The zero-order valence-corrected chi connectivity index (χ0v) is 15.5. The first-order valence-corrected chi connectivity index (χ1v) is 9.26. The van der Waals surface area contributed by atoms with Crippen molar-refractivity contribution in [3.63, 3.8) is 0 Å². The fraction of sp³-hybridized carbons (Fsp3) is 0.556. The van der Waals surface area contributed by atoms with Crippen molar-refractivity contribution in [2.45, 2.75) is 45.1 Å². The van der Waals surface area contributed by atoms with Crippen LogP contribution in [0.4, 0.5) is 5.82 Å². The molecule has 9 nitrogen and oxygen atoms in total. The number of pyridine rings is 1. The standard InChI is InChI=1S/C18H27N5O4/c1-2-3-4-7-14(12-22(27)13-24)18(26)23-15(9-11-20-23)17(25)21-16-8-5-6-10-19-16/h5-6,8,10,13-15,20,27H,2-4,7,9,11-12H2,1H3,(H,19,21,25). The van der Waals surface area contributed by atoms with Gasteiger partial charge in [0.25, 0.3) is 0 Å². The first kappa shape index (κ1) is 20.8. The molecule has 148 valence electrons. The van der Waals surface area contributed by atoms with E-state index in [4.69, 9.17) is 0 Å². The Morgan fingerprint density at radius 1 is 1.48 bits per heavy atom. The number of hydrogen-bond donors (Lipinski definition) is 3. The molecule has 1 aromatic rings. The molecule has 2 rings (SSSR count). The molecule has 1 fully saturated rings. The molecule has 0 saturated carbocycles. The lowest BCUT2D eigenvalue weighted by molar-refractivity contribution is -0.159. The number of hydroxylamine groups is 2. The van der Waals surface area contributed by atoms with E-state index >= 15 is 0 Å². The van der Waals surface area contributed by atoms with E-state index < -0.39 is 12.0 Å². The van der Waals surface area contributed by atoms with E-state index in [-0.39, 0.29) is 24.8 Å². The summed E-state index contributed by atoms with van der Waals surface area (Å²) in [7, 11) is 0. The molecule has 3 N–H and O–H groups in total. The minimum absolute atomic E-state index is 0.0984. The number of hydrazine groups is 1. The summed E-state index contributed by atoms with van der Waals surface area (Å²) in [6.45, 7) is 2.45. The highest BCUT2D eigenvalue weighted by atomic mass is 16.5. The van der Waals surface area contributed by atoms with Gasteiger partial charge in [-0.05, 0) is 25.0 Å². The van der Waals surface area contributed by atoms with Gasteiger partial charge in [-0.2, -0.15) is 0 Å². The second kappa shape index (κ2) is 10.6. The number of hydrogen-bond acceptors (Lipinski definition) is 6. The van der Waals surface area contributed by atoms with E-state index in [0.29, 0.717) is 30.3 Å². The summed E-state index contributed by atoms with van der Waals surface area (Å²) in [6, 6.07) is 4.51. The van der Waals surface area contributed by atoms with Gasteiger partial charge in [0.05, 0.1) is 12.5 Å². The molecule has 9 heteroatoms. The van der Waals surface area contributed by atoms with Gasteiger partial charge in [-0.25, -0.2) is 15.5 Å². The Balaban J connectivity index is 2.05. The maximum absolute atomic E-state index is 13.0. The molecule has 0 bridgehead atoms. The number of amides is 3. The Morgan fingerprint density at radius 3 is 2.96 bits per heavy atom. The molecule has 1 aromatic heterocycles. The molecule has 0 radical (unpaired) electrons. The van der Waals surface area contributed by atoms with Crippen molar-refractivity contribution in [3.05, 3.63) is 24.4 Å². The largest absolute Gasteiger partial charge is 0.309 e. The average Bonchev–Trinajstić information content (AvgIpc) is 3.17. The van der Waals surface area contributed by atoms with Crippen LogP contribution in [0.15, 0.2) is 24.4 Å². The van der Waals surface area contributed by atoms with E-state index in [1.807, 2.05) is 0 Å². The fourth-order valence-corrected chi connectivity index (χ4v) is 3.09. The van der Waals surface area contributed by atoms with Crippen LogP contribution in [-0.2, 0) is 14.4 Å². The normalized spacial score (nSPS) is 17.4. The van der Waals surface area contributed by atoms with E-state index in [1.54, 1.807) is 24.4 Å². The quantitative estimate of drug-likeness (QED) is 0.244. The van der Waals surface area contributed by atoms with Crippen LogP contribution < -0.4 is 10.7 Å². The molecule has 1 aliphatic rings. The highest BCUT2D eigenvalue weighted by Gasteiger charge is 2.37. The number of nitrogens with zero attached hydrogens (tertiary/aromatic N) is 3. The van der Waals surface area contributed by atoms with E-state index in [2.05, 4.69) is 22.7 Å². The summed E-state index contributed by atoms with van der Waals surface area (Å²) in [4.78, 5) is 40.4. The van der Waals surface area contributed by atoms with Gasteiger partial charge in [0.1, 0.15) is 11.9 Å². The minimum atomic E-state index is -0.670. The number of carbonyl (C=O) groups is 3. The number of unbranched alkanes of at least 4 members (excludes halogenated alkanes) is 2. The topological polar surface area (TPSA) is 115 Å². The molecule has 0 aromatic carbocycles. The maximum atomic E-state index is 13.0. The van der Waals surface area contributed by atoms with Crippen molar-refractivity contribution in [1.82, 2.24) is 20.5 Å². The Morgan fingerprint density at radius 2 is 2.30 bits per heavy atom. The molecule has 2 heterocycles. The van der Waals surface area contributed by atoms with Crippen molar-refractivity contribution in [3.8, 4) is 0 Å². The molecule has 1 aliphatic heterocycles. The lowest BCUT2D eigenvalue weighted by Gasteiger charge is -2.28. The van der Waals surface area contributed by atoms with Gasteiger partial charge in [-0.15, -0.1) is 0 Å². The molecule has 0 spiro atoms. The summed E-state index contributed by atoms with van der Waals surface area (Å²) >= 11 is 0. The van der Waals surface area contributed by atoms with Crippen molar-refractivity contribution < 1.29 is 19.6 Å². The van der Waals surface area contributed by atoms with Crippen LogP contribution in [0.2, 0.25) is 0 Å². The Hall–Kier alpha value is -2.52. The van der Waals surface area contributed by atoms with Crippen LogP contribution in [0.3, 0.4) is 0 Å². The molecule has 3 amide bonds. The summed E-state index contributed by atoms with van der Waals surface area (Å²) in [5, 5.41) is 14.1. The highest BCUT2D eigenvalue weighted by Crippen LogP contribution is 2.19. The molecule has 2 unspecified atom stereocenters. The van der Waals surface area contributed by atoms with Gasteiger partial charge in [0.15, 0.2) is 0 Å². The Bertz CT molecular complexity index is 627. The number of nitrogens with one attached hydrogen (secondary N) is 2. The maximum Gasteiger partial charge on any atom is 0.250 e. The van der Waals surface area contributed by atoms with Gasteiger partial charge in [0.2, 0.25) is 18.2 Å². The van der Waals surface area contributed by atoms with Crippen LogP contribution in [0.1, 0.15) is 39.0 Å². The molecule has 2 atom stereocenters. The molecule has 0 aliphatic carbocycles. The third-order valence-corrected chi connectivity index (χ3v) is 4.50. The number of anilines is 1. The fourth-order valence-electron chi connectivity index (χ4n) is 3.09. The highest BCUT2D eigenvalue weighted by molar-refractivity contribution is 5.97. The van der Waals surface area contributed by atoms with Crippen LogP contribution in [0, 0.1) is 5.92 Å². The minimum Gasteiger partial charge on any atom is -0.309 e. The van der Waals surface area contributed by atoms with Crippen LogP contribution in [0.25, 0.3) is 0 Å². The van der Waals surface area contributed by atoms with Crippen molar-refractivity contribution in [1.29, 1.82) is 0 Å². The van der Waals surface area contributed by atoms with Crippen LogP contribution in [-0.4, -0.2) is 57.6 Å². The van der Waals surface area contributed by atoms with Crippen LogP contribution >= 0.6 is 0 Å². The summed E-state index contributed by atoms with van der Waals surface area (Å²) in [5.74, 6) is -0.785. The van der Waals surface area contributed by atoms with Gasteiger partial charge < -0.3 is 5.32 Å². The summed E-state index contributed by atoms with van der Waals surface area (Å²) < 4.78 is 0. The van der Waals surface area contributed by atoms with E-state index in [1.165, 1.54) is 5.01 Å². The van der Waals surface area contributed by atoms with Crippen molar-refractivity contribution >= 4 is 24.0 Å². The second-order valence-electron chi connectivity index (χ2n) is 6.55. The third-order valence-electron chi connectivity index (χ3n) is 4.50. The Labute approximate surface area is 158 Å². The monoisotopic (exact) mass is 377 g/mol.